The Bertz CT molecular complexity index is 321. The molecule has 0 heterocycles. The molecule has 1 rings (SSSR count). The zero-order chi connectivity index (χ0) is 13.8. The van der Waals surface area contributed by atoms with Gasteiger partial charge in [-0.1, -0.05) is 12.1 Å². The van der Waals surface area contributed by atoms with Crippen molar-refractivity contribution in [3.05, 3.63) is 0 Å². The Balaban J connectivity index is 2.45. The maximum Gasteiger partial charge on any atom is 0.407 e. The molecule has 1 saturated carbocycles. The molecular formula is C13H24N2O3. The van der Waals surface area contributed by atoms with Crippen molar-refractivity contribution >= 4 is 11.8 Å². The quantitative estimate of drug-likeness (QED) is 0.773. The van der Waals surface area contributed by atoms with Crippen LogP contribution in [0.3, 0.4) is 0 Å². The lowest BCUT2D eigenvalue weighted by Gasteiger charge is -2.31. The third-order valence-corrected chi connectivity index (χ3v) is 2.91. The summed E-state index contributed by atoms with van der Waals surface area (Å²) in [6.07, 6.45) is 2.25. The smallest absolute Gasteiger partial charge is 0.407 e. The maximum atomic E-state index is 11.7. The van der Waals surface area contributed by atoms with Gasteiger partial charge < -0.3 is 14.9 Å². The Hall–Kier alpha value is -1.26. The Morgan fingerprint density at radius 1 is 1.44 bits per heavy atom. The second-order valence-corrected chi connectivity index (χ2v) is 5.81. The number of carbonyl (C=O) groups is 1. The van der Waals surface area contributed by atoms with E-state index in [2.05, 4.69) is 17.4 Å². The molecule has 0 aliphatic heterocycles. The topological polar surface area (TPSA) is 59.9 Å². The van der Waals surface area contributed by atoms with Gasteiger partial charge in [0.05, 0.1) is 5.71 Å². The minimum Gasteiger partial charge on any atom is -0.444 e. The number of oxime groups is 1. The summed E-state index contributed by atoms with van der Waals surface area (Å²) in [4.78, 5) is 16.5. The van der Waals surface area contributed by atoms with Crippen LogP contribution in [0.15, 0.2) is 5.16 Å². The zero-order valence-corrected chi connectivity index (χ0v) is 11.9. The van der Waals surface area contributed by atoms with Crippen molar-refractivity contribution in [3.8, 4) is 0 Å². The summed E-state index contributed by atoms with van der Waals surface area (Å²) in [7, 11) is 1.56. The number of hydrogen-bond donors (Lipinski definition) is 1. The molecule has 0 bridgehead atoms. The Labute approximate surface area is 109 Å². The van der Waals surface area contributed by atoms with Gasteiger partial charge >= 0.3 is 6.09 Å². The summed E-state index contributed by atoms with van der Waals surface area (Å²) in [5.41, 5.74) is 0.609. The van der Waals surface area contributed by atoms with E-state index < -0.39 is 5.60 Å². The van der Waals surface area contributed by atoms with Crippen LogP contribution in [0, 0.1) is 5.92 Å². The summed E-state index contributed by atoms with van der Waals surface area (Å²) >= 11 is 0. The fraction of sp³-hybridized carbons (Fsp3) is 0.846. The second-order valence-electron chi connectivity index (χ2n) is 5.81. The zero-order valence-electron chi connectivity index (χ0n) is 11.9. The van der Waals surface area contributed by atoms with Gasteiger partial charge in [-0.05, 0) is 46.0 Å². The average Bonchev–Trinajstić information content (AvgIpc) is 2.20. The molecule has 18 heavy (non-hydrogen) atoms. The highest BCUT2D eigenvalue weighted by molar-refractivity contribution is 5.85. The fourth-order valence-corrected chi connectivity index (χ4v) is 2.11. The number of amides is 1. The van der Waals surface area contributed by atoms with E-state index in [9.17, 15) is 4.79 Å². The first-order valence-corrected chi connectivity index (χ1v) is 6.40. The molecule has 104 valence electrons. The van der Waals surface area contributed by atoms with E-state index in [0.29, 0.717) is 5.92 Å². The molecule has 0 aromatic carbocycles. The summed E-state index contributed by atoms with van der Waals surface area (Å²) in [5, 5.41) is 6.91. The van der Waals surface area contributed by atoms with Gasteiger partial charge in [-0.25, -0.2) is 4.79 Å². The average molecular weight is 256 g/mol. The molecule has 0 radical (unpaired) electrons. The van der Waals surface area contributed by atoms with E-state index in [1.807, 2.05) is 20.8 Å². The molecule has 5 nitrogen and oxygen atoms in total. The van der Waals surface area contributed by atoms with E-state index in [1.165, 1.54) is 0 Å². The first-order chi connectivity index (χ1) is 8.31. The summed E-state index contributed by atoms with van der Waals surface area (Å²) < 4.78 is 5.26. The number of rotatable bonds is 2. The van der Waals surface area contributed by atoms with Gasteiger partial charge in [0.25, 0.3) is 0 Å². The maximum absolute atomic E-state index is 11.7. The first-order valence-electron chi connectivity index (χ1n) is 6.40. The van der Waals surface area contributed by atoms with Crippen molar-refractivity contribution in [1.29, 1.82) is 0 Å². The van der Waals surface area contributed by atoms with Gasteiger partial charge in [0, 0.05) is 6.04 Å². The molecule has 0 saturated heterocycles. The van der Waals surface area contributed by atoms with Crippen molar-refractivity contribution < 1.29 is 14.4 Å². The minimum absolute atomic E-state index is 0.149. The predicted molar refractivity (Wildman–Crippen MR) is 70.6 cm³/mol. The lowest BCUT2D eigenvalue weighted by atomic mass is 9.85. The monoisotopic (exact) mass is 256 g/mol. The Morgan fingerprint density at radius 3 is 2.61 bits per heavy atom. The number of alkyl carbamates (subject to hydrolysis) is 1. The molecule has 0 unspecified atom stereocenters. The van der Waals surface area contributed by atoms with E-state index in [0.717, 1.165) is 25.0 Å². The summed E-state index contributed by atoms with van der Waals surface area (Å²) in [5.74, 6) is 0.347. The van der Waals surface area contributed by atoms with Crippen LogP contribution in [0.1, 0.15) is 47.0 Å². The van der Waals surface area contributed by atoms with Crippen molar-refractivity contribution in [2.45, 2.75) is 58.6 Å². The molecule has 0 aromatic rings. The Kier molecular flexibility index (Phi) is 4.99. The molecule has 0 spiro atoms. The molecule has 0 aromatic heterocycles. The van der Waals surface area contributed by atoms with E-state index >= 15 is 0 Å². The van der Waals surface area contributed by atoms with Gasteiger partial charge in [0.15, 0.2) is 0 Å². The van der Waals surface area contributed by atoms with Gasteiger partial charge in [-0.3, -0.25) is 0 Å². The third-order valence-electron chi connectivity index (χ3n) is 2.91. The molecular weight excluding hydrogens is 232 g/mol. The highest BCUT2D eigenvalue weighted by atomic mass is 16.6. The van der Waals surface area contributed by atoms with Crippen LogP contribution in [-0.4, -0.2) is 30.6 Å². The lowest BCUT2D eigenvalue weighted by Crippen LogP contribution is -2.45. The molecule has 5 heteroatoms. The second kappa shape index (κ2) is 6.07. The molecule has 2 atom stereocenters. The van der Waals surface area contributed by atoms with Crippen LogP contribution < -0.4 is 5.32 Å². The SMILES string of the molecule is CO/N=C1/CC[C@H](NC(=O)OC(C)(C)C)[C@H](C)C1. The normalized spacial score (nSPS) is 26.8. The van der Waals surface area contributed by atoms with Crippen LogP contribution in [-0.2, 0) is 9.57 Å². The largest absolute Gasteiger partial charge is 0.444 e. The number of nitrogens with one attached hydrogen (secondary N) is 1. The fourth-order valence-electron chi connectivity index (χ4n) is 2.11. The molecule has 1 fully saturated rings. The van der Waals surface area contributed by atoms with E-state index in [4.69, 9.17) is 9.57 Å². The van der Waals surface area contributed by atoms with Crippen LogP contribution in [0.5, 0.6) is 0 Å². The highest BCUT2D eigenvalue weighted by Gasteiger charge is 2.28. The van der Waals surface area contributed by atoms with Crippen LogP contribution in [0.2, 0.25) is 0 Å². The summed E-state index contributed by atoms with van der Waals surface area (Å²) in [6.45, 7) is 7.69. The number of nitrogens with zero attached hydrogens (tertiary/aromatic N) is 1. The predicted octanol–water partition coefficient (Wildman–Crippen LogP) is 2.70. The summed E-state index contributed by atoms with van der Waals surface area (Å²) in [6, 6.07) is 0.149. The molecule has 1 N–H and O–H groups in total. The van der Waals surface area contributed by atoms with Crippen molar-refractivity contribution in [3.63, 3.8) is 0 Å². The molecule has 1 amide bonds. The third kappa shape index (κ3) is 4.94. The van der Waals surface area contributed by atoms with Crippen LogP contribution in [0.25, 0.3) is 0 Å². The number of ether oxygens (including phenoxy) is 1. The number of hydrogen-bond acceptors (Lipinski definition) is 4. The van der Waals surface area contributed by atoms with Crippen molar-refractivity contribution in [2.24, 2.45) is 11.1 Å². The Morgan fingerprint density at radius 2 is 2.11 bits per heavy atom. The van der Waals surface area contributed by atoms with Crippen molar-refractivity contribution in [2.75, 3.05) is 7.11 Å². The van der Waals surface area contributed by atoms with Crippen LogP contribution in [0.4, 0.5) is 4.79 Å². The van der Waals surface area contributed by atoms with Gasteiger partial charge in [-0.2, -0.15) is 0 Å². The van der Waals surface area contributed by atoms with Crippen molar-refractivity contribution in [1.82, 2.24) is 5.32 Å². The number of carbonyl (C=O) groups excluding carboxylic acids is 1. The van der Waals surface area contributed by atoms with Gasteiger partial charge in [0.1, 0.15) is 12.7 Å². The molecule has 1 aliphatic rings. The molecule has 1 aliphatic carbocycles. The van der Waals surface area contributed by atoms with E-state index in [-0.39, 0.29) is 12.1 Å². The van der Waals surface area contributed by atoms with E-state index in [1.54, 1.807) is 7.11 Å². The van der Waals surface area contributed by atoms with Crippen LogP contribution >= 0.6 is 0 Å². The van der Waals surface area contributed by atoms with Gasteiger partial charge in [0.2, 0.25) is 0 Å². The first kappa shape index (κ1) is 14.8. The minimum atomic E-state index is -0.454. The lowest BCUT2D eigenvalue weighted by molar-refractivity contribution is 0.0483. The van der Waals surface area contributed by atoms with Gasteiger partial charge in [-0.15, -0.1) is 0 Å². The highest BCUT2D eigenvalue weighted by Crippen LogP contribution is 2.23. The standard InChI is InChI=1S/C13H24N2O3/c1-9-8-10(15-17-5)6-7-11(9)14-12(16)18-13(2,3)4/h9,11H,6-8H2,1-5H3,(H,14,16)/b15-10-/t9-,11+/m1/s1.